The molecule has 0 aromatic heterocycles. The Morgan fingerprint density at radius 3 is 2.21 bits per heavy atom. The van der Waals surface area contributed by atoms with Crippen LogP contribution >= 0.6 is 0 Å². The molecule has 2 aliphatic carbocycles. The molecule has 2 saturated carbocycles. The number of ether oxygens (including phenoxy) is 2. The lowest BCUT2D eigenvalue weighted by molar-refractivity contribution is -0.276. The number of rotatable bonds is 6. The van der Waals surface area contributed by atoms with Crippen LogP contribution in [0.15, 0.2) is 12.1 Å². The zero-order valence-corrected chi connectivity index (χ0v) is 13.5. The lowest BCUT2D eigenvalue weighted by atomic mass is 9.81. The maximum atomic E-state index is 14.6. The third-order valence-electron chi connectivity index (χ3n) is 5.04. The van der Waals surface area contributed by atoms with E-state index >= 15 is 0 Å². The van der Waals surface area contributed by atoms with Crippen molar-refractivity contribution in [3.8, 4) is 11.5 Å². The summed E-state index contributed by atoms with van der Waals surface area (Å²) in [5.74, 6) is -1.25. The van der Waals surface area contributed by atoms with Crippen molar-refractivity contribution in [3.05, 3.63) is 23.5 Å². The molecule has 0 N–H and O–H groups in total. The number of hydrogen-bond donors (Lipinski definition) is 0. The van der Waals surface area contributed by atoms with Gasteiger partial charge in [-0.25, -0.2) is 4.39 Å². The zero-order chi connectivity index (χ0) is 17.2. The van der Waals surface area contributed by atoms with Crippen molar-refractivity contribution in [3.63, 3.8) is 0 Å². The monoisotopic (exact) mass is 346 g/mol. The highest BCUT2D eigenvalue weighted by Crippen LogP contribution is 2.39. The summed E-state index contributed by atoms with van der Waals surface area (Å²) in [6.07, 6.45) is 2.80. The molecule has 3 rings (SSSR count). The molecule has 0 atom stereocenters. The van der Waals surface area contributed by atoms with Crippen molar-refractivity contribution in [1.29, 1.82) is 0 Å². The van der Waals surface area contributed by atoms with Crippen LogP contribution in [0.5, 0.6) is 11.5 Å². The van der Waals surface area contributed by atoms with Gasteiger partial charge in [0, 0.05) is 0 Å². The maximum Gasteiger partial charge on any atom is 0.573 e. The third-order valence-corrected chi connectivity index (χ3v) is 5.04. The standard InChI is InChI=1S/C18H22F4O2/c19-16-14(10-12-6-3-7-12)8-9-15(17(16)24-18(20,21)22)23-11-13-4-1-2-5-13/h8-9,12-13H,1-7,10-11H2. The van der Waals surface area contributed by atoms with Crippen molar-refractivity contribution in [1.82, 2.24) is 0 Å². The fourth-order valence-electron chi connectivity index (χ4n) is 3.45. The summed E-state index contributed by atoms with van der Waals surface area (Å²) >= 11 is 0. The normalized spacial score (nSPS) is 19.3. The van der Waals surface area contributed by atoms with Gasteiger partial charge in [0.1, 0.15) is 0 Å². The molecular formula is C18H22F4O2. The van der Waals surface area contributed by atoms with E-state index in [1.807, 2.05) is 0 Å². The first-order valence-corrected chi connectivity index (χ1v) is 8.62. The molecule has 0 spiro atoms. The van der Waals surface area contributed by atoms with Gasteiger partial charge in [-0.05, 0) is 42.7 Å². The van der Waals surface area contributed by atoms with E-state index in [4.69, 9.17) is 4.74 Å². The van der Waals surface area contributed by atoms with Crippen LogP contribution in [-0.4, -0.2) is 13.0 Å². The maximum absolute atomic E-state index is 14.6. The first-order chi connectivity index (χ1) is 11.4. The minimum atomic E-state index is -4.94. The molecule has 0 saturated heterocycles. The van der Waals surface area contributed by atoms with Gasteiger partial charge in [-0.2, -0.15) is 0 Å². The second-order valence-corrected chi connectivity index (χ2v) is 6.88. The Morgan fingerprint density at radius 2 is 1.62 bits per heavy atom. The van der Waals surface area contributed by atoms with Crippen molar-refractivity contribution in [2.24, 2.45) is 11.8 Å². The van der Waals surface area contributed by atoms with Gasteiger partial charge in [0.05, 0.1) is 6.61 Å². The molecule has 0 bridgehead atoms. The predicted octanol–water partition coefficient (Wildman–Crippen LogP) is 5.64. The van der Waals surface area contributed by atoms with Gasteiger partial charge < -0.3 is 9.47 Å². The van der Waals surface area contributed by atoms with E-state index in [0.717, 1.165) is 44.9 Å². The summed E-state index contributed by atoms with van der Waals surface area (Å²) in [7, 11) is 0. The van der Waals surface area contributed by atoms with Gasteiger partial charge in [-0.1, -0.05) is 38.2 Å². The highest BCUT2D eigenvalue weighted by atomic mass is 19.4. The molecule has 6 heteroatoms. The second-order valence-electron chi connectivity index (χ2n) is 6.88. The fraction of sp³-hybridized carbons (Fsp3) is 0.667. The molecule has 0 amide bonds. The topological polar surface area (TPSA) is 18.5 Å². The van der Waals surface area contributed by atoms with E-state index in [1.54, 1.807) is 0 Å². The summed E-state index contributed by atoms with van der Waals surface area (Å²) < 4.78 is 62.0. The quantitative estimate of drug-likeness (QED) is 0.621. The Hall–Kier alpha value is -1.46. The van der Waals surface area contributed by atoms with E-state index in [9.17, 15) is 17.6 Å². The first-order valence-electron chi connectivity index (χ1n) is 8.62. The molecule has 1 aromatic rings. The lowest BCUT2D eigenvalue weighted by Crippen LogP contribution is -2.20. The molecule has 134 valence electrons. The molecule has 2 fully saturated rings. The molecule has 1 aromatic carbocycles. The van der Waals surface area contributed by atoms with E-state index in [0.29, 0.717) is 24.9 Å². The smallest absolute Gasteiger partial charge is 0.489 e. The Bertz CT molecular complexity index is 561. The summed E-state index contributed by atoms with van der Waals surface area (Å²) in [4.78, 5) is 0. The highest BCUT2D eigenvalue weighted by molar-refractivity contribution is 5.45. The fourth-order valence-corrected chi connectivity index (χ4v) is 3.45. The van der Waals surface area contributed by atoms with E-state index in [-0.39, 0.29) is 11.3 Å². The predicted molar refractivity (Wildman–Crippen MR) is 81.6 cm³/mol. The Balaban J connectivity index is 1.78. The second kappa shape index (κ2) is 7.19. The van der Waals surface area contributed by atoms with E-state index in [2.05, 4.69) is 4.74 Å². The Morgan fingerprint density at radius 1 is 0.958 bits per heavy atom. The van der Waals surface area contributed by atoms with Crippen molar-refractivity contribution in [2.45, 2.75) is 57.7 Å². The first kappa shape index (κ1) is 17.4. The molecule has 2 nitrogen and oxygen atoms in total. The van der Waals surface area contributed by atoms with Gasteiger partial charge in [0.2, 0.25) is 5.75 Å². The molecular weight excluding hydrogens is 324 g/mol. The van der Waals surface area contributed by atoms with Gasteiger partial charge >= 0.3 is 6.36 Å². The molecule has 0 radical (unpaired) electrons. The molecule has 0 unspecified atom stereocenters. The van der Waals surface area contributed by atoms with Crippen LogP contribution in [0.4, 0.5) is 17.6 Å². The van der Waals surface area contributed by atoms with E-state index in [1.165, 1.54) is 12.1 Å². The number of halogens is 4. The van der Waals surface area contributed by atoms with Crippen LogP contribution in [0.25, 0.3) is 0 Å². The Kier molecular flexibility index (Phi) is 5.21. The van der Waals surface area contributed by atoms with Crippen LogP contribution in [-0.2, 0) is 6.42 Å². The summed E-state index contributed by atoms with van der Waals surface area (Å²) in [5, 5.41) is 0. The lowest BCUT2D eigenvalue weighted by Gasteiger charge is -2.26. The van der Waals surface area contributed by atoms with Crippen LogP contribution in [0.3, 0.4) is 0 Å². The molecule has 0 aliphatic heterocycles. The largest absolute Gasteiger partial charge is 0.573 e. The minimum Gasteiger partial charge on any atom is -0.489 e. The minimum absolute atomic E-state index is 0.158. The molecule has 2 aliphatic rings. The van der Waals surface area contributed by atoms with Crippen LogP contribution in [0, 0.1) is 17.7 Å². The zero-order valence-electron chi connectivity index (χ0n) is 13.5. The molecule has 0 heterocycles. The average molecular weight is 346 g/mol. The third kappa shape index (κ3) is 4.33. The van der Waals surface area contributed by atoms with Crippen molar-refractivity contribution < 1.29 is 27.0 Å². The summed E-state index contributed by atoms with van der Waals surface area (Å²) in [6.45, 7) is 0.301. The SMILES string of the molecule is Fc1c(CC2CCC2)ccc(OCC2CCCC2)c1OC(F)(F)F. The van der Waals surface area contributed by atoms with Crippen molar-refractivity contribution in [2.75, 3.05) is 6.61 Å². The average Bonchev–Trinajstić information content (AvgIpc) is 2.97. The molecule has 24 heavy (non-hydrogen) atoms. The summed E-state index contributed by atoms with van der Waals surface area (Å²) in [6, 6.07) is 2.94. The van der Waals surface area contributed by atoms with Crippen molar-refractivity contribution >= 4 is 0 Å². The number of hydrogen-bond acceptors (Lipinski definition) is 2. The Labute approximate surface area is 139 Å². The van der Waals surface area contributed by atoms with Gasteiger partial charge in [-0.15, -0.1) is 13.2 Å². The summed E-state index contributed by atoms with van der Waals surface area (Å²) in [5.41, 5.74) is 0.271. The van der Waals surface area contributed by atoms with Crippen LogP contribution < -0.4 is 9.47 Å². The number of benzene rings is 1. The number of alkyl halides is 3. The van der Waals surface area contributed by atoms with Gasteiger partial charge in [0.25, 0.3) is 0 Å². The van der Waals surface area contributed by atoms with Gasteiger partial charge in [0.15, 0.2) is 11.6 Å². The van der Waals surface area contributed by atoms with E-state index < -0.39 is 17.9 Å². The van der Waals surface area contributed by atoms with Crippen LogP contribution in [0.1, 0.15) is 50.5 Å². The van der Waals surface area contributed by atoms with Crippen LogP contribution in [0.2, 0.25) is 0 Å². The van der Waals surface area contributed by atoms with Gasteiger partial charge in [-0.3, -0.25) is 0 Å². The highest BCUT2D eigenvalue weighted by Gasteiger charge is 2.35.